The predicted octanol–water partition coefficient (Wildman–Crippen LogP) is 1.71. The summed E-state index contributed by atoms with van der Waals surface area (Å²) >= 11 is 3.61. The first-order valence-electron chi connectivity index (χ1n) is 5.68. The molecule has 1 atom stereocenters. The molecule has 17 heavy (non-hydrogen) atoms. The van der Waals surface area contributed by atoms with E-state index in [1.165, 1.54) is 12.1 Å². The van der Waals surface area contributed by atoms with E-state index in [1.54, 1.807) is 0 Å². The number of aryl methyl sites for hydroxylation is 2. The van der Waals surface area contributed by atoms with Crippen molar-refractivity contribution in [3.05, 3.63) is 15.9 Å². The Morgan fingerprint density at radius 1 is 1.59 bits per heavy atom. The van der Waals surface area contributed by atoms with Gasteiger partial charge in [0.05, 0.1) is 15.9 Å². The summed E-state index contributed by atoms with van der Waals surface area (Å²) in [5.41, 5.74) is 2.32. The molecular weight excluding hydrogens is 304 g/mol. The minimum absolute atomic E-state index is 0. The lowest BCUT2D eigenvalue weighted by Gasteiger charge is -2.23. The zero-order valence-electron chi connectivity index (χ0n) is 10.5. The molecule has 6 heteroatoms. The molecule has 2 heterocycles. The SMILES string of the molecule is Cc1nn(C)c(CN(C)C2CCNC2)c1Br.Cl. The number of likely N-dealkylation sites (N-methyl/N-ethyl adjacent to an activating group) is 1. The monoisotopic (exact) mass is 322 g/mol. The standard InChI is InChI=1S/C11H19BrN4.ClH/c1-8-11(12)10(16(3)14-8)7-15(2)9-4-5-13-6-9;/h9,13H,4-7H2,1-3H3;1H. The molecule has 1 aliphatic heterocycles. The second-order valence-corrected chi connectivity index (χ2v) is 5.32. The van der Waals surface area contributed by atoms with Gasteiger partial charge in [0.15, 0.2) is 0 Å². The molecule has 4 nitrogen and oxygen atoms in total. The van der Waals surface area contributed by atoms with Crippen LogP contribution in [0.1, 0.15) is 17.8 Å². The molecule has 98 valence electrons. The Morgan fingerprint density at radius 2 is 2.29 bits per heavy atom. The van der Waals surface area contributed by atoms with Gasteiger partial charge in [-0.2, -0.15) is 5.10 Å². The molecule has 2 rings (SSSR count). The molecule has 1 aromatic heterocycles. The molecule has 1 saturated heterocycles. The van der Waals surface area contributed by atoms with Crippen molar-refractivity contribution in [1.29, 1.82) is 0 Å². The number of nitrogens with one attached hydrogen (secondary N) is 1. The van der Waals surface area contributed by atoms with Crippen molar-refractivity contribution in [2.24, 2.45) is 7.05 Å². The van der Waals surface area contributed by atoms with Crippen LogP contribution in [0.3, 0.4) is 0 Å². The zero-order chi connectivity index (χ0) is 11.7. The van der Waals surface area contributed by atoms with E-state index in [4.69, 9.17) is 0 Å². The topological polar surface area (TPSA) is 33.1 Å². The smallest absolute Gasteiger partial charge is 0.0739 e. The first-order chi connectivity index (χ1) is 7.59. The van der Waals surface area contributed by atoms with Crippen LogP contribution in [0, 0.1) is 6.92 Å². The molecule has 0 radical (unpaired) electrons. The third-order valence-electron chi connectivity index (χ3n) is 3.32. The molecule has 0 aromatic carbocycles. The number of halogens is 2. The maximum Gasteiger partial charge on any atom is 0.0739 e. The Bertz CT molecular complexity index is 374. The Labute approximate surface area is 117 Å². The first-order valence-corrected chi connectivity index (χ1v) is 6.48. The van der Waals surface area contributed by atoms with E-state index in [-0.39, 0.29) is 12.4 Å². The van der Waals surface area contributed by atoms with Gasteiger partial charge in [0.25, 0.3) is 0 Å². The maximum absolute atomic E-state index is 4.42. The van der Waals surface area contributed by atoms with Crippen molar-refractivity contribution in [3.8, 4) is 0 Å². The normalized spacial score (nSPS) is 19.7. The van der Waals surface area contributed by atoms with E-state index in [9.17, 15) is 0 Å². The van der Waals surface area contributed by atoms with Crippen LogP contribution < -0.4 is 5.32 Å². The fourth-order valence-corrected chi connectivity index (χ4v) is 2.69. The quantitative estimate of drug-likeness (QED) is 0.919. The maximum atomic E-state index is 4.42. The van der Waals surface area contributed by atoms with E-state index < -0.39 is 0 Å². The van der Waals surface area contributed by atoms with E-state index in [0.29, 0.717) is 6.04 Å². The summed E-state index contributed by atoms with van der Waals surface area (Å²) in [5.74, 6) is 0. The fourth-order valence-electron chi connectivity index (χ4n) is 2.23. The molecule has 0 spiro atoms. The van der Waals surface area contributed by atoms with E-state index in [0.717, 1.165) is 29.8 Å². The largest absolute Gasteiger partial charge is 0.315 e. The van der Waals surface area contributed by atoms with Gasteiger partial charge < -0.3 is 5.32 Å². The highest BCUT2D eigenvalue weighted by atomic mass is 79.9. The fraction of sp³-hybridized carbons (Fsp3) is 0.727. The summed E-state index contributed by atoms with van der Waals surface area (Å²) in [5, 5.41) is 7.82. The number of aromatic nitrogens is 2. The highest BCUT2D eigenvalue weighted by Gasteiger charge is 2.21. The first kappa shape index (κ1) is 15.0. The summed E-state index contributed by atoms with van der Waals surface area (Å²) in [4.78, 5) is 2.40. The lowest BCUT2D eigenvalue weighted by atomic mass is 10.2. The highest BCUT2D eigenvalue weighted by Crippen LogP contribution is 2.22. The summed E-state index contributed by atoms with van der Waals surface area (Å²) in [6.45, 7) is 5.22. The summed E-state index contributed by atoms with van der Waals surface area (Å²) < 4.78 is 3.12. The van der Waals surface area contributed by atoms with Crippen molar-refractivity contribution in [2.45, 2.75) is 25.9 Å². The lowest BCUT2D eigenvalue weighted by Crippen LogP contribution is -2.33. The van der Waals surface area contributed by atoms with Crippen LogP contribution in [-0.2, 0) is 13.6 Å². The third kappa shape index (κ3) is 3.22. The van der Waals surface area contributed by atoms with E-state index >= 15 is 0 Å². The molecule has 1 aliphatic rings. The predicted molar refractivity (Wildman–Crippen MR) is 75.6 cm³/mol. The summed E-state index contributed by atoms with van der Waals surface area (Å²) in [6, 6.07) is 0.655. The third-order valence-corrected chi connectivity index (χ3v) is 4.35. The molecule has 1 unspecified atom stereocenters. The Kier molecular flexibility index (Phi) is 5.44. The second kappa shape index (κ2) is 6.18. The van der Waals surface area contributed by atoms with Crippen LogP contribution >= 0.6 is 28.3 Å². The van der Waals surface area contributed by atoms with Gasteiger partial charge in [-0.3, -0.25) is 9.58 Å². The van der Waals surface area contributed by atoms with Crippen molar-refractivity contribution in [3.63, 3.8) is 0 Å². The average molecular weight is 324 g/mol. The number of rotatable bonds is 3. The van der Waals surface area contributed by atoms with Crippen LogP contribution in [0.2, 0.25) is 0 Å². The molecule has 0 bridgehead atoms. The van der Waals surface area contributed by atoms with Gasteiger partial charge in [-0.25, -0.2) is 0 Å². The van der Waals surface area contributed by atoms with E-state index in [1.807, 2.05) is 18.7 Å². The van der Waals surface area contributed by atoms with Gasteiger partial charge in [0, 0.05) is 26.2 Å². The van der Waals surface area contributed by atoms with Crippen molar-refractivity contribution in [1.82, 2.24) is 20.0 Å². The molecule has 1 fully saturated rings. The molecule has 0 amide bonds. The molecule has 0 saturated carbocycles. The van der Waals surface area contributed by atoms with Crippen LogP contribution in [0.4, 0.5) is 0 Å². The molecule has 0 aliphatic carbocycles. The van der Waals surface area contributed by atoms with Gasteiger partial charge in [-0.1, -0.05) is 0 Å². The highest BCUT2D eigenvalue weighted by molar-refractivity contribution is 9.10. The van der Waals surface area contributed by atoms with Crippen LogP contribution in [0.5, 0.6) is 0 Å². The van der Waals surface area contributed by atoms with Gasteiger partial charge in [-0.05, 0) is 42.9 Å². The lowest BCUT2D eigenvalue weighted by molar-refractivity contribution is 0.242. The van der Waals surface area contributed by atoms with Crippen molar-refractivity contribution in [2.75, 3.05) is 20.1 Å². The van der Waals surface area contributed by atoms with Crippen LogP contribution in [0.25, 0.3) is 0 Å². The Morgan fingerprint density at radius 3 is 2.76 bits per heavy atom. The summed E-state index contributed by atoms with van der Waals surface area (Å²) in [7, 11) is 4.19. The molecule has 1 aromatic rings. The van der Waals surface area contributed by atoms with Gasteiger partial charge >= 0.3 is 0 Å². The van der Waals surface area contributed by atoms with Gasteiger partial charge in [0.2, 0.25) is 0 Å². The van der Waals surface area contributed by atoms with Crippen LogP contribution in [-0.4, -0.2) is 40.9 Å². The Hall–Kier alpha value is -0.100. The van der Waals surface area contributed by atoms with Gasteiger partial charge in [0.1, 0.15) is 0 Å². The summed E-state index contributed by atoms with van der Waals surface area (Å²) in [6.07, 6.45) is 1.24. The number of hydrogen-bond acceptors (Lipinski definition) is 3. The van der Waals surface area contributed by atoms with E-state index in [2.05, 4.69) is 38.3 Å². The minimum atomic E-state index is 0. The van der Waals surface area contributed by atoms with Crippen LogP contribution in [0.15, 0.2) is 4.47 Å². The number of nitrogens with zero attached hydrogens (tertiary/aromatic N) is 3. The second-order valence-electron chi connectivity index (χ2n) is 4.53. The Balaban J connectivity index is 0.00000144. The zero-order valence-corrected chi connectivity index (χ0v) is 12.9. The number of hydrogen-bond donors (Lipinski definition) is 1. The minimum Gasteiger partial charge on any atom is -0.315 e. The molecule has 1 N–H and O–H groups in total. The molecular formula is C11H20BrClN4. The average Bonchev–Trinajstić information content (AvgIpc) is 2.83. The van der Waals surface area contributed by atoms with Crippen molar-refractivity contribution < 1.29 is 0 Å². The van der Waals surface area contributed by atoms with Gasteiger partial charge in [-0.15, -0.1) is 12.4 Å². The van der Waals surface area contributed by atoms with Crippen molar-refractivity contribution >= 4 is 28.3 Å².